The van der Waals surface area contributed by atoms with Crippen molar-refractivity contribution in [2.24, 2.45) is 23.1 Å². The number of halogens is 3. The number of carbonyl (C=O) groups is 2. The van der Waals surface area contributed by atoms with E-state index in [0.29, 0.717) is 16.6 Å². The average molecular weight is 563 g/mol. The van der Waals surface area contributed by atoms with Crippen LogP contribution in [0.5, 0.6) is 0 Å². The molecule has 8 nitrogen and oxygen atoms in total. The molecule has 1 atom stereocenters. The van der Waals surface area contributed by atoms with Crippen LogP contribution in [-0.4, -0.2) is 40.4 Å². The summed E-state index contributed by atoms with van der Waals surface area (Å²) in [4.78, 5) is 29.8. The van der Waals surface area contributed by atoms with Crippen LogP contribution < -0.4 is 16.1 Å². The highest BCUT2D eigenvalue weighted by Gasteiger charge is 2.48. The molecule has 2 heterocycles. The number of nitrogens with zero attached hydrogens (tertiary/aromatic N) is 4. The molecule has 0 aliphatic heterocycles. The number of fused-ring (bicyclic) bond motifs is 1. The van der Waals surface area contributed by atoms with Gasteiger partial charge in [-0.1, -0.05) is 18.2 Å². The van der Waals surface area contributed by atoms with Gasteiger partial charge in [0.25, 0.3) is 5.91 Å². The zero-order chi connectivity index (χ0) is 29.3. The van der Waals surface area contributed by atoms with Gasteiger partial charge in [-0.25, -0.2) is 22.8 Å². The quantitative estimate of drug-likeness (QED) is 0.303. The lowest BCUT2D eigenvalue weighted by Gasteiger charge is -2.33. The van der Waals surface area contributed by atoms with Gasteiger partial charge in [0.15, 0.2) is 5.49 Å². The van der Waals surface area contributed by atoms with Gasteiger partial charge in [0.1, 0.15) is 12.5 Å². The average Bonchev–Trinajstić information content (AvgIpc) is 3.27. The van der Waals surface area contributed by atoms with Crippen LogP contribution in [0.15, 0.2) is 77.1 Å². The fourth-order valence-corrected chi connectivity index (χ4v) is 4.97. The van der Waals surface area contributed by atoms with E-state index in [1.807, 2.05) is 35.9 Å². The monoisotopic (exact) mass is 562 g/mol. The Morgan fingerprint density at radius 3 is 2.59 bits per heavy atom. The fraction of sp³-hybridized carbons (Fsp3) is 0.267. The van der Waals surface area contributed by atoms with Crippen molar-refractivity contribution in [3.8, 4) is 11.1 Å². The maximum absolute atomic E-state index is 13.7. The molecule has 41 heavy (non-hydrogen) atoms. The maximum Gasteiger partial charge on any atom is 0.253 e. The third-order valence-corrected chi connectivity index (χ3v) is 7.29. The minimum absolute atomic E-state index is 0.106. The number of hydrogen-bond donors (Lipinski definition) is 2. The summed E-state index contributed by atoms with van der Waals surface area (Å²) in [6.45, 7) is 5.23. The van der Waals surface area contributed by atoms with Crippen LogP contribution in [0.4, 0.5) is 13.2 Å². The number of pyridine rings is 1. The molecule has 1 saturated carbocycles. The van der Waals surface area contributed by atoms with Gasteiger partial charge in [-0.05, 0) is 60.0 Å². The molecule has 212 valence electrons. The van der Waals surface area contributed by atoms with Crippen molar-refractivity contribution in [1.29, 1.82) is 0 Å². The Morgan fingerprint density at radius 1 is 1.12 bits per heavy atom. The van der Waals surface area contributed by atoms with Gasteiger partial charge < -0.3 is 15.2 Å². The van der Waals surface area contributed by atoms with Crippen LogP contribution >= 0.6 is 0 Å². The minimum atomic E-state index is -2.77. The van der Waals surface area contributed by atoms with Crippen molar-refractivity contribution in [2.75, 3.05) is 6.67 Å². The van der Waals surface area contributed by atoms with E-state index in [4.69, 9.17) is 0 Å². The largest absolute Gasteiger partial charge is 0.350 e. The topological polar surface area (TPSA) is 92.8 Å². The molecule has 1 fully saturated rings. The Balaban J connectivity index is 1.39. The van der Waals surface area contributed by atoms with Crippen LogP contribution in [0.25, 0.3) is 22.0 Å². The molecule has 0 saturated heterocycles. The first-order valence-corrected chi connectivity index (χ1v) is 13.1. The van der Waals surface area contributed by atoms with E-state index in [1.54, 1.807) is 37.5 Å². The molecule has 2 aromatic heterocycles. The second-order valence-corrected chi connectivity index (χ2v) is 10.2. The Bertz CT molecular complexity index is 1720. The summed E-state index contributed by atoms with van der Waals surface area (Å²) in [6, 6.07) is 15.0. The van der Waals surface area contributed by atoms with E-state index in [9.17, 15) is 22.8 Å². The first-order chi connectivity index (χ1) is 19.5. The van der Waals surface area contributed by atoms with Crippen molar-refractivity contribution >= 4 is 29.4 Å². The smallest absolute Gasteiger partial charge is 0.253 e. The normalized spacial score (nSPS) is 15.8. The van der Waals surface area contributed by atoms with Crippen molar-refractivity contribution in [3.05, 3.63) is 89.4 Å². The summed E-state index contributed by atoms with van der Waals surface area (Å²) in [5, 5.41) is 10.2. The maximum atomic E-state index is 13.7. The van der Waals surface area contributed by atoms with Gasteiger partial charge in [0.2, 0.25) is 11.8 Å². The second-order valence-electron chi connectivity index (χ2n) is 10.2. The molecule has 2 amide bonds. The Kier molecular flexibility index (Phi) is 7.53. The zero-order valence-corrected chi connectivity index (χ0v) is 22.6. The first kappa shape index (κ1) is 27.9. The Hall–Kier alpha value is -4.67. The van der Waals surface area contributed by atoms with Crippen LogP contribution in [0.3, 0.4) is 0 Å². The molecular weight excluding hydrogens is 533 g/mol. The summed E-state index contributed by atoms with van der Waals surface area (Å²) in [5.41, 5.74) is 3.96. The van der Waals surface area contributed by atoms with E-state index in [2.05, 4.69) is 27.4 Å². The number of amides is 2. The molecule has 2 aromatic carbocycles. The Labute approximate surface area is 234 Å². The SMILES string of the molecule is C=Nn1ccc(-c2ccc3c(c2)c(C(=O)NC(C)c2cccc(F)c2)cn3C)c/c1=N/CNC(=O)C1CC(F)(F)C1. The lowest BCUT2D eigenvalue weighted by molar-refractivity contribution is -0.150. The predicted octanol–water partition coefficient (Wildman–Crippen LogP) is 4.76. The van der Waals surface area contributed by atoms with Crippen LogP contribution in [0, 0.1) is 11.7 Å². The minimum Gasteiger partial charge on any atom is -0.350 e. The number of benzene rings is 2. The van der Waals surface area contributed by atoms with Crippen LogP contribution in [0.1, 0.15) is 41.7 Å². The molecule has 1 aliphatic rings. The molecule has 0 radical (unpaired) electrons. The summed E-state index contributed by atoms with van der Waals surface area (Å²) in [5.74, 6) is -4.60. The first-order valence-electron chi connectivity index (χ1n) is 13.1. The standard InChI is InChI=1S/C30H29F3N6O2/c1-18(19-5-4-6-23(31)11-19)37-29(41)25-16-38(3)26-8-7-20(12-24(25)26)21-9-10-39(34-2)27(13-21)35-17-36-28(40)22-14-30(32,33)15-22/h4-13,16,18,22H,2,14-15,17H2,1,3H3,(H,36,40)(H,37,41)/b35-27-. The number of aromatic nitrogens is 2. The number of rotatable bonds is 8. The second kappa shape index (κ2) is 11.1. The van der Waals surface area contributed by atoms with E-state index in [1.165, 1.54) is 16.8 Å². The van der Waals surface area contributed by atoms with E-state index < -0.39 is 36.6 Å². The fourth-order valence-electron chi connectivity index (χ4n) is 4.97. The number of alkyl halides is 2. The number of aryl methyl sites for hydroxylation is 1. The molecule has 11 heteroatoms. The predicted molar refractivity (Wildman–Crippen MR) is 150 cm³/mol. The highest BCUT2D eigenvalue weighted by atomic mass is 19.3. The summed E-state index contributed by atoms with van der Waals surface area (Å²) >= 11 is 0. The highest BCUT2D eigenvalue weighted by molar-refractivity contribution is 6.08. The lowest BCUT2D eigenvalue weighted by atomic mass is 9.81. The molecule has 1 aliphatic carbocycles. The number of hydrogen-bond acceptors (Lipinski definition) is 4. The summed E-state index contributed by atoms with van der Waals surface area (Å²) < 4.78 is 43.1. The van der Waals surface area contributed by atoms with E-state index in [0.717, 1.165) is 22.0 Å². The third-order valence-electron chi connectivity index (χ3n) is 7.29. The van der Waals surface area contributed by atoms with Gasteiger partial charge in [0, 0.05) is 55.8 Å². The highest BCUT2D eigenvalue weighted by Crippen LogP contribution is 2.42. The number of carbonyl (C=O) groups excluding carboxylic acids is 2. The molecule has 1 unspecified atom stereocenters. The van der Waals surface area contributed by atoms with Gasteiger partial charge in [-0.2, -0.15) is 5.10 Å². The van der Waals surface area contributed by atoms with E-state index >= 15 is 0 Å². The van der Waals surface area contributed by atoms with Crippen molar-refractivity contribution in [3.63, 3.8) is 0 Å². The summed E-state index contributed by atoms with van der Waals surface area (Å²) in [6.07, 6.45) is 2.52. The molecule has 4 aromatic rings. The van der Waals surface area contributed by atoms with Gasteiger partial charge in [0.05, 0.1) is 11.6 Å². The zero-order valence-electron chi connectivity index (χ0n) is 22.6. The van der Waals surface area contributed by atoms with Gasteiger partial charge in [-0.15, -0.1) is 0 Å². The Morgan fingerprint density at radius 2 is 1.88 bits per heavy atom. The molecule has 2 N–H and O–H groups in total. The van der Waals surface area contributed by atoms with Crippen molar-refractivity contribution < 1.29 is 22.8 Å². The lowest BCUT2D eigenvalue weighted by Crippen LogP contribution is -2.45. The van der Waals surface area contributed by atoms with E-state index in [-0.39, 0.29) is 18.4 Å². The molecule has 0 bridgehead atoms. The summed E-state index contributed by atoms with van der Waals surface area (Å²) in [7, 11) is 1.85. The van der Waals surface area contributed by atoms with Crippen LogP contribution in [-0.2, 0) is 11.8 Å². The molecule has 5 rings (SSSR count). The third kappa shape index (κ3) is 5.93. The molecular formula is C30H29F3N6O2. The van der Waals surface area contributed by atoms with Crippen molar-refractivity contribution in [2.45, 2.75) is 31.7 Å². The van der Waals surface area contributed by atoms with Gasteiger partial charge in [-0.3, -0.25) is 9.59 Å². The molecule has 0 spiro atoms. The number of nitrogens with one attached hydrogen (secondary N) is 2. The van der Waals surface area contributed by atoms with Crippen molar-refractivity contribution in [1.82, 2.24) is 19.9 Å². The van der Waals surface area contributed by atoms with Gasteiger partial charge >= 0.3 is 0 Å². The van der Waals surface area contributed by atoms with Crippen LogP contribution in [0.2, 0.25) is 0 Å².